The molecule has 0 saturated carbocycles. The fourth-order valence-corrected chi connectivity index (χ4v) is 2.38. The topological polar surface area (TPSA) is 64.3 Å². The Bertz CT molecular complexity index is 277. The quantitative estimate of drug-likeness (QED) is 0.781. The van der Waals surface area contributed by atoms with Crippen molar-refractivity contribution in [2.24, 2.45) is 17.6 Å². The van der Waals surface area contributed by atoms with Crippen molar-refractivity contribution in [1.29, 1.82) is 0 Å². The van der Waals surface area contributed by atoms with Crippen LogP contribution in [0.5, 0.6) is 0 Å². The first-order valence-corrected chi connectivity index (χ1v) is 6.52. The lowest BCUT2D eigenvalue weighted by Crippen LogP contribution is -2.54. The lowest BCUT2D eigenvalue weighted by Gasteiger charge is -2.30. The summed E-state index contributed by atoms with van der Waals surface area (Å²) in [4.78, 5) is 12.3. The van der Waals surface area contributed by atoms with Gasteiger partial charge in [-0.2, -0.15) is 0 Å². The first-order chi connectivity index (χ1) is 7.84. The van der Waals surface area contributed by atoms with E-state index < -0.39 is 0 Å². The Hall–Kier alpha value is -0.610. The summed E-state index contributed by atoms with van der Waals surface area (Å²) in [7, 11) is 0. The second-order valence-electron chi connectivity index (χ2n) is 5.54. The number of nitrogens with two attached hydrogens (primary N) is 1. The van der Waals surface area contributed by atoms with Crippen molar-refractivity contribution < 1.29 is 9.53 Å². The van der Waals surface area contributed by atoms with Crippen LogP contribution in [0, 0.1) is 11.8 Å². The number of hydrogen-bond acceptors (Lipinski definition) is 3. The maximum Gasteiger partial charge on any atom is 0.226 e. The smallest absolute Gasteiger partial charge is 0.226 e. The van der Waals surface area contributed by atoms with E-state index in [9.17, 15) is 4.79 Å². The number of carbonyl (C=O) groups is 1. The largest absolute Gasteiger partial charge is 0.374 e. The second-order valence-corrected chi connectivity index (χ2v) is 5.54. The van der Waals surface area contributed by atoms with E-state index in [0.717, 1.165) is 6.42 Å². The standard InChI is InChI=1S/C13H26N2O2/c1-6-13(5,7-14)15-12(16)11-8(2)9(3)17-10(11)4/h8-11H,6-7,14H2,1-5H3,(H,15,16). The van der Waals surface area contributed by atoms with Gasteiger partial charge in [0.1, 0.15) is 0 Å². The zero-order valence-electron chi connectivity index (χ0n) is 11.6. The van der Waals surface area contributed by atoms with Gasteiger partial charge in [0.05, 0.1) is 18.1 Å². The molecule has 100 valence electrons. The van der Waals surface area contributed by atoms with Gasteiger partial charge in [-0.15, -0.1) is 0 Å². The molecule has 1 amide bonds. The molecular formula is C13H26N2O2. The van der Waals surface area contributed by atoms with Crippen molar-refractivity contribution in [3.05, 3.63) is 0 Å². The molecule has 1 rings (SSSR count). The van der Waals surface area contributed by atoms with Crippen molar-refractivity contribution >= 4 is 5.91 Å². The third-order valence-electron chi connectivity index (χ3n) is 4.20. The Morgan fingerprint density at radius 3 is 2.29 bits per heavy atom. The third-order valence-corrected chi connectivity index (χ3v) is 4.20. The molecule has 0 aromatic carbocycles. The Balaban J connectivity index is 2.71. The molecule has 5 unspecified atom stereocenters. The number of rotatable bonds is 4. The minimum Gasteiger partial charge on any atom is -0.374 e. The summed E-state index contributed by atoms with van der Waals surface area (Å²) in [6.45, 7) is 10.5. The maximum atomic E-state index is 12.3. The molecule has 1 saturated heterocycles. The zero-order chi connectivity index (χ0) is 13.2. The van der Waals surface area contributed by atoms with E-state index in [1.165, 1.54) is 0 Å². The minimum atomic E-state index is -0.303. The summed E-state index contributed by atoms with van der Waals surface area (Å²) in [5.74, 6) is 0.260. The van der Waals surface area contributed by atoms with Crippen molar-refractivity contribution in [2.75, 3.05) is 6.54 Å². The van der Waals surface area contributed by atoms with Gasteiger partial charge in [-0.05, 0) is 33.1 Å². The van der Waals surface area contributed by atoms with E-state index in [-0.39, 0.29) is 35.5 Å². The van der Waals surface area contributed by atoms with Crippen molar-refractivity contribution in [3.63, 3.8) is 0 Å². The van der Waals surface area contributed by atoms with Crippen LogP contribution in [0.25, 0.3) is 0 Å². The highest BCUT2D eigenvalue weighted by Gasteiger charge is 2.42. The molecule has 1 fully saturated rings. The fourth-order valence-electron chi connectivity index (χ4n) is 2.38. The molecule has 5 atom stereocenters. The van der Waals surface area contributed by atoms with Gasteiger partial charge in [-0.1, -0.05) is 13.8 Å². The van der Waals surface area contributed by atoms with Crippen LogP contribution in [0.15, 0.2) is 0 Å². The highest BCUT2D eigenvalue weighted by molar-refractivity contribution is 5.80. The van der Waals surface area contributed by atoms with Gasteiger partial charge in [0.25, 0.3) is 0 Å². The Morgan fingerprint density at radius 1 is 1.35 bits per heavy atom. The van der Waals surface area contributed by atoms with E-state index in [1.807, 2.05) is 27.7 Å². The lowest BCUT2D eigenvalue weighted by molar-refractivity contribution is -0.129. The summed E-state index contributed by atoms with van der Waals surface area (Å²) in [5.41, 5.74) is 5.41. The molecule has 1 aliphatic rings. The normalized spacial score (nSPS) is 36.6. The first-order valence-electron chi connectivity index (χ1n) is 6.52. The van der Waals surface area contributed by atoms with Crippen LogP contribution >= 0.6 is 0 Å². The number of carbonyl (C=O) groups excluding carboxylic acids is 1. The van der Waals surface area contributed by atoms with Crippen LogP contribution in [-0.2, 0) is 9.53 Å². The fraction of sp³-hybridized carbons (Fsp3) is 0.923. The number of amides is 1. The molecule has 1 heterocycles. The van der Waals surface area contributed by atoms with Crippen LogP contribution in [0.4, 0.5) is 0 Å². The average molecular weight is 242 g/mol. The SMILES string of the molecule is CCC(C)(CN)NC(=O)C1C(C)OC(C)C1C. The summed E-state index contributed by atoms with van der Waals surface area (Å²) in [5, 5.41) is 3.07. The second kappa shape index (κ2) is 5.36. The summed E-state index contributed by atoms with van der Waals surface area (Å²) in [6.07, 6.45) is 0.964. The van der Waals surface area contributed by atoms with Crippen LogP contribution in [0.3, 0.4) is 0 Å². The molecule has 0 bridgehead atoms. The number of nitrogens with one attached hydrogen (secondary N) is 1. The molecule has 3 N–H and O–H groups in total. The van der Waals surface area contributed by atoms with Gasteiger partial charge in [0, 0.05) is 12.1 Å². The monoisotopic (exact) mass is 242 g/mol. The highest BCUT2D eigenvalue weighted by atomic mass is 16.5. The number of hydrogen-bond donors (Lipinski definition) is 2. The van der Waals surface area contributed by atoms with Gasteiger partial charge in [0.2, 0.25) is 5.91 Å². The predicted molar refractivity (Wildman–Crippen MR) is 68.6 cm³/mol. The van der Waals surface area contributed by atoms with Crippen LogP contribution in [0.1, 0.15) is 41.0 Å². The molecule has 4 nitrogen and oxygen atoms in total. The summed E-state index contributed by atoms with van der Waals surface area (Å²) in [6, 6.07) is 0. The number of ether oxygens (including phenoxy) is 1. The maximum absolute atomic E-state index is 12.3. The van der Waals surface area contributed by atoms with Gasteiger partial charge < -0.3 is 15.8 Å². The van der Waals surface area contributed by atoms with E-state index in [2.05, 4.69) is 12.2 Å². The Labute approximate surface area is 104 Å². The molecular weight excluding hydrogens is 216 g/mol. The van der Waals surface area contributed by atoms with Crippen molar-refractivity contribution in [2.45, 2.75) is 58.8 Å². The molecule has 17 heavy (non-hydrogen) atoms. The predicted octanol–water partition coefficient (Wildman–Crippen LogP) is 1.29. The van der Waals surface area contributed by atoms with E-state index in [0.29, 0.717) is 6.54 Å². The van der Waals surface area contributed by atoms with E-state index in [4.69, 9.17) is 10.5 Å². The van der Waals surface area contributed by atoms with Gasteiger partial charge in [0.15, 0.2) is 0 Å². The summed E-state index contributed by atoms with van der Waals surface area (Å²) < 4.78 is 5.70. The van der Waals surface area contributed by atoms with Gasteiger partial charge in [-0.25, -0.2) is 0 Å². The highest BCUT2D eigenvalue weighted by Crippen LogP contribution is 2.32. The molecule has 0 aromatic rings. The molecule has 0 aliphatic carbocycles. The molecule has 0 aromatic heterocycles. The third kappa shape index (κ3) is 2.99. The van der Waals surface area contributed by atoms with Crippen LogP contribution in [-0.4, -0.2) is 30.2 Å². The van der Waals surface area contributed by atoms with Gasteiger partial charge >= 0.3 is 0 Å². The molecule has 1 aliphatic heterocycles. The molecule has 0 spiro atoms. The molecule has 4 heteroatoms. The first kappa shape index (κ1) is 14.5. The van der Waals surface area contributed by atoms with Gasteiger partial charge in [-0.3, -0.25) is 4.79 Å². The molecule has 0 radical (unpaired) electrons. The van der Waals surface area contributed by atoms with Crippen LogP contribution < -0.4 is 11.1 Å². The van der Waals surface area contributed by atoms with Crippen molar-refractivity contribution in [3.8, 4) is 0 Å². The average Bonchev–Trinajstić information content (AvgIpc) is 2.53. The zero-order valence-corrected chi connectivity index (χ0v) is 11.6. The van der Waals surface area contributed by atoms with E-state index in [1.54, 1.807) is 0 Å². The van der Waals surface area contributed by atoms with Crippen molar-refractivity contribution in [1.82, 2.24) is 5.32 Å². The minimum absolute atomic E-state index is 0.0149. The Kier molecular flexibility index (Phi) is 4.55. The lowest BCUT2D eigenvalue weighted by atomic mass is 9.87. The summed E-state index contributed by atoms with van der Waals surface area (Å²) >= 11 is 0. The Morgan fingerprint density at radius 2 is 1.94 bits per heavy atom. The van der Waals surface area contributed by atoms with E-state index >= 15 is 0 Å². The van der Waals surface area contributed by atoms with Crippen LogP contribution in [0.2, 0.25) is 0 Å².